The summed E-state index contributed by atoms with van der Waals surface area (Å²) in [5.41, 5.74) is 6.86. The number of hydrogen-bond acceptors (Lipinski definition) is 4. The molecule has 92 valence electrons. The van der Waals surface area contributed by atoms with Gasteiger partial charge < -0.3 is 10.6 Å². The van der Waals surface area contributed by atoms with Gasteiger partial charge in [-0.15, -0.1) is 24.8 Å². The highest BCUT2D eigenvalue weighted by Gasteiger charge is 2.16. The third kappa shape index (κ3) is 3.77. The number of rotatable bonds is 1. The second-order valence-electron chi connectivity index (χ2n) is 3.84. The van der Waals surface area contributed by atoms with Gasteiger partial charge in [0, 0.05) is 30.9 Å². The molecule has 1 fully saturated rings. The summed E-state index contributed by atoms with van der Waals surface area (Å²) in [6.07, 6.45) is 3.74. The van der Waals surface area contributed by atoms with Gasteiger partial charge in [0.15, 0.2) is 0 Å². The molecule has 4 nitrogen and oxygen atoms in total. The van der Waals surface area contributed by atoms with E-state index in [2.05, 4.69) is 14.9 Å². The van der Waals surface area contributed by atoms with Gasteiger partial charge in [0.25, 0.3) is 0 Å². The minimum atomic E-state index is 0. The number of aryl methyl sites for hydroxylation is 1. The van der Waals surface area contributed by atoms with Gasteiger partial charge in [-0.25, -0.2) is 9.97 Å². The van der Waals surface area contributed by atoms with E-state index in [9.17, 15) is 0 Å². The Labute approximate surface area is 108 Å². The van der Waals surface area contributed by atoms with Gasteiger partial charge in [0.2, 0.25) is 0 Å². The maximum atomic E-state index is 5.85. The first kappa shape index (κ1) is 15.4. The molecule has 0 unspecified atom stereocenters. The van der Waals surface area contributed by atoms with E-state index >= 15 is 0 Å². The lowest BCUT2D eigenvalue weighted by Gasteiger charge is -2.30. The molecule has 2 rings (SSSR count). The molecule has 1 aliphatic heterocycles. The zero-order chi connectivity index (χ0) is 9.97. The maximum absolute atomic E-state index is 5.85. The standard InChI is InChI=1S/C10H16N4.2ClH/c1-8-6-10(13-7-12-8)14-4-2-9(11)3-5-14;;/h6-7,9H,2-5,11H2,1H3;2*1H. The Morgan fingerprint density at radius 2 is 1.88 bits per heavy atom. The minimum absolute atomic E-state index is 0. The third-order valence-electron chi connectivity index (χ3n) is 2.65. The van der Waals surface area contributed by atoms with Crippen LogP contribution in [0.4, 0.5) is 5.82 Å². The molecule has 1 aromatic heterocycles. The summed E-state index contributed by atoms with van der Waals surface area (Å²) in [7, 11) is 0. The lowest BCUT2D eigenvalue weighted by atomic mass is 10.1. The molecule has 2 heterocycles. The first-order valence-corrected chi connectivity index (χ1v) is 5.05. The Bertz CT molecular complexity index is 313. The van der Waals surface area contributed by atoms with Crippen molar-refractivity contribution in [1.29, 1.82) is 0 Å². The van der Waals surface area contributed by atoms with E-state index in [0.29, 0.717) is 6.04 Å². The zero-order valence-electron chi connectivity index (χ0n) is 9.30. The first-order valence-electron chi connectivity index (χ1n) is 5.05. The Kier molecular flexibility index (Phi) is 6.64. The molecule has 2 N–H and O–H groups in total. The monoisotopic (exact) mass is 264 g/mol. The Morgan fingerprint density at radius 3 is 2.44 bits per heavy atom. The molecular formula is C10H18Cl2N4. The fraction of sp³-hybridized carbons (Fsp3) is 0.600. The van der Waals surface area contributed by atoms with Crippen LogP contribution in [0.2, 0.25) is 0 Å². The fourth-order valence-electron chi connectivity index (χ4n) is 1.74. The van der Waals surface area contributed by atoms with Crippen molar-refractivity contribution in [2.45, 2.75) is 25.8 Å². The van der Waals surface area contributed by atoms with Crippen LogP contribution >= 0.6 is 24.8 Å². The van der Waals surface area contributed by atoms with E-state index in [0.717, 1.165) is 37.4 Å². The molecule has 1 saturated heterocycles. The van der Waals surface area contributed by atoms with Gasteiger partial charge in [-0.2, -0.15) is 0 Å². The van der Waals surface area contributed by atoms with E-state index in [1.54, 1.807) is 6.33 Å². The molecule has 0 saturated carbocycles. The van der Waals surface area contributed by atoms with Crippen LogP contribution in [0.3, 0.4) is 0 Å². The molecule has 1 aromatic rings. The molecule has 0 amide bonds. The van der Waals surface area contributed by atoms with Gasteiger partial charge in [-0.3, -0.25) is 0 Å². The number of nitrogens with zero attached hydrogens (tertiary/aromatic N) is 3. The molecule has 0 atom stereocenters. The Morgan fingerprint density at radius 1 is 1.25 bits per heavy atom. The highest BCUT2D eigenvalue weighted by Crippen LogP contribution is 2.16. The van der Waals surface area contributed by atoms with Crippen LogP contribution in [0, 0.1) is 6.92 Å². The molecule has 6 heteroatoms. The first-order chi connectivity index (χ1) is 6.75. The van der Waals surface area contributed by atoms with Crippen molar-refractivity contribution in [3.05, 3.63) is 18.1 Å². The molecule has 0 bridgehead atoms. The second kappa shape index (κ2) is 6.89. The molecule has 0 spiro atoms. The van der Waals surface area contributed by atoms with Crippen LogP contribution in [-0.2, 0) is 0 Å². The molecule has 0 aromatic carbocycles. The average Bonchev–Trinajstić information content (AvgIpc) is 2.19. The van der Waals surface area contributed by atoms with Crippen LogP contribution in [-0.4, -0.2) is 29.1 Å². The predicted octanol–water partition coefficient (Wildman–Crippen LogP) is 1.56. The van der Waals surface area contributed by atoms with Crippen molar-refractivity contribution in [1.82, 2.24) is 9.97 Å². The Balaban J connectivity index is 0.00000112. The lowest BCUT2D eigenvalue weighted by Crippen LogP contribution is -2.40. The van der Waals surface area contributed by atoms with Gasteiger partial charge in [0.05, 0.1) is 0 Å². The van der Waals surface area contributed by atoms with Crippen molar-refractivity contribution in [3.8, 4) is 0 Å². The van der Waals surface area contributed by atoms with Crippen LogP contribution in [0.25, 0.3) is 0 Å². The van der Waals surface area contributed by atoms with Crippen LogP contribution in [0.15, 0.2) is 12.4 Å². The fourth-order valence-corrected chi connectivity index (χ4v) is 1.74. The number of aromatic nitrogens is 2. The molecule has 0 radical (unpaired) electrons. The molecule has 1 aliphatic rings. The van der Waals surface area contributed by atoms with E-state index in [4.69, 9.17) is 5.73 Å². The summed E-state index contributed by atoms with van der Waals surface area (Å²) in [5, 5.41) is 0. The topological polar surface area (TPSA) is 55.0 Å². The Hall–Kier alpha value is -0.580. The minimum Gasteiger partial charge on any atom is -0.356 e. The van der Waals surface area contributed by atoms with E-state index in [1.165, 1.54) is 0 Å². The summed E-state index contributed by atoms with van der Waals surface area (Å²) in [6.45, 7) is 4.01. The quantitative estimate of drug-likeness (QED) is 0.837. The highest BCUT2D eigenvalue weighted by atomic mass is 35.5. The highest BCUT2D eigenvalue weighted by molar-refractivity contribution is 5.85. The second-order valence-corrected chi connectivity index (χ2v) is 3.84. The molecule has 16 heavy (non-hydrogen) atoms. The maximum Gasteiger partial charge on any atom is 0.132 e. The summed E-state index contributed by atoms with van der Waals surface area (Å²) < 4.78 is 0. The van der Waals surface area contributed by atoms with Crippen LogP contribution < -0.4 is 10.6 Å². The van der Waals surface area contributed by atoms with Crippen molar-refractivity contribution in [3.63, 3.8) is 0 Å². The van der Waals surface area contributed by atoms with Crippen molar-refractivity contribution in [2.24, 2.45) is 5.73 Å². The smallest absolute Gasteiger partial charge is 0.132 e. The van der Waals surface area contributed by atoms with Gasteiger partial charge in [-0.1, -0.05) is 0 Å². The summed E-state index contributed by atoms with van der Waals surface area (Å²) in [5.74, 6) is 1.03. The third-order valence-corrected chi connectivity index (χ3v) is 2.65. The molecular weight excluding hydrogens is 247 g/mol. The number of hydrogen-bond donors (Lipinski definition) is 1. The van der Waals surface area contributed by atoms with E-state index in [1.807, 2.05) is 13.0 Å². The number of anilines is 1. The van der Waals surface area contributed by atoms with Crippen molar-refractivity contribution in [2.75, 3.05) is 18.0 Å². The van der Waals surface area contributed by atoms with Crippen molar-refractivity contribution >= 4 is 30.6 Å². The summed E-state index contributed by atoms with van der Waals surface area (Å²) >= 11 is 0. The number of halogens is 2. The average molecular weight is 265 g/mol. The number of piperidine rings is 1. The zero-order valence-corrected chi connectivity index (χ0v) is 10.9. The predicted molar refractivity (Wildman–Crippen MR) is 70.7 cm³/mol. The number of nitrogens with two attached hydrogens (primary N) is 1. The SMILES string of the molecule is Cc1cc(N2CCC(N)CC2)ncn1.Cl.Cl. The largest absolute Gasteiger partial charge is 0.356 e. The van der Waals surface area contributed by atoms with Gasteiger partial charge in [-0.05, 0) is 19.8 Å². The van der Waals surface area contributed by atoms with Crippen LogP contribution in [0.5, 0.6) is 0 Å². The van der Waals surface area contributed by atoms with E-state index < -0.39 is 0 Å². The van der Waals surface area contributed by atoms with E-state index in [-0.39, 0.29) is 24.8 Å². The molecule has 0 aliphatic carbocycles. The van der Waals surface area contributed by atoms with Crippen LogP contribution in [0.1, 0.15) is 18.5 Å². The summed E-state index contributed by atoms with van der Waals surface area (Å²) in [4.78, 5) is 10.6. The van der Waals surface area contributed by atoms with Gasteiger partial charge in [0.1, 0.15) is 12.1 Å². The lowest BCUT2D eigenvalue weighted by molar-refractivity contribution is 0.498. The van der Waals surface area contributed by atoms with Gasteiger partial charge >= 0.3 is 0 Å². The van der Waals surface area contributed by atoms with Crippen molar-refractivity contribution < 1.29 is 0 Å². The normalized spacial score (nSPS) is 16.2. The summed E-state index contributed by atoms with van der Waals surface area (Å²) in [6, 6.07) is 2.39.